The molecule has 3 N–H and O–H groups in total. The molecule has 7 nitrogen and oxygen atoms in total. The lowest BCUT2D eigenvalue weighted by Crippen LogP contribution is -2.28. The lowest BCUT2D eigenvalue weighted by atomic mass is 9.83. The minimum Gasteiger partial charge on any atom is -0.490 e. The number of hydrogen-bond donors (Lipinski definition) is 2. The second-order valence-electron chi connectivity index (χ2n) is 6.02. The summed E-state index contributed by atoms with van der Waals surface area (Å²) >= 11 is 0. The zero-order chi connectivity index (χ0) is 19.6. The molecule has 7 heteroatoms. The Morgan fingerprint density at radius 1 is 1.30 bits per heavy atom. The molecule has 0 bridgehead atoms. The fraction of sp³-hybridized carbons (Fsp3) is 0.300. The van der Waals surface area contributed by atoms with E-state index in [1.54, 1.807) is 31.2 Å². The highest BCUT2D eigenvalue weighted by Crippen LogP contribution is 2.46. The first-order chi connectivity index (χ1) is 13.0. The Morgan fingerprint density at radius 3 is 2.70 bits per heavy atom. The van der Waals surface area contributed by atoms with Gasteiger partial charge in [-0.15, -0.1) is 0 Å². The molecule has 0 saturated carbocycles. The first-order valence-corrected chi connectivity index (χ1v) is 8.71. The molecule has 27 heavy (non-hydrogen) atoms. The largest absolute Gasteiger partial charge is 0.490 e. The van der Waals surface area contributed by atoms with Gasteiger partial charge in [0.25, 0.3) is 5.56 Å². The second kappa shape index (κ2) is 7.46. The number of para-hydroxylation sites is 1. The number of hydrogen-bond acceptors (Lipinski definition) is 6. The molecule has 0 radical (unpaired) electrons. The first kappa shape index (κ1) is 18.4. The molecule has 1 aromatic heterocycles. The topological polar surface area (TPSA) is 110 Å². The normalized spacial score (nSPS) is 15.6. The number of ether oxygens (including phenoxy) is 3. The molecule has 0 unspecified atom stereocenters. The van der Waals surface area contributed by atoms with Crippen molar-refractivity contribution in [1.82, 2.24) is 4.98 Å². The molecule has 2 heterocycles. The number of aryl methyl sites for hydroxylation is 1. The lowest BCUT2D eigenvalue weighted by Gasteiger charge is -2.27. The molecule has 1 aliphatic heterocycles. The summed E-state index contributed by atoms with van der Waals surface area (Å²) in [5, 5.41) is 9.71. The summed E-state index contributed by atoms with van der Waals surface area (Å²) in [4.78, 5) is 15.5. The maximum Gasteiger partial charge on any atom is 0.256 e. The zero-order valence-electron chi connectivity index (χ0n) is 15.5. The number of rotatable bonds is 5. The summed E-state index contributed by atoms with van der Waals surface area (Å²) in [5.41, 5.74) is 7.41. The van der Waals surface area contributed by atoms with Crippen LogP contribution in [-0.2, 0) is 0 Å². The zero-order valence-corrected chi connectivity index (χ0v) is 15.5. The molecule has 3 rings (SSSR count). The van der Waals surface area contributed by atoms with Gasteiger partial charge in [-0.25, -0.2) is 0 Å². The Kier molecular flexibility index (Phi) is 5.08. The number of nitriles is 1. The van der Waals surface area contributed by atoms with Crippen LogP contribution in [0.5, 0.6) is 17.2 Å². The maximum atomic E-state index is 12.7. The van der Waals surface area contributed by atoms with Crippen molar-refractivity contribution in [1.29, 1.82) is 5.26 Å². The van der Waals surface area contributed by atoms with Gasteiger partial charge in [-0.1, -0.05) is 12.1 Å². The van der Waals surface area contributed by atoms with Crippen LogP contribution >= 0.6 is 0 Å². The fourth-order valence-electron chi connectivity index (χ4n) is 3.25. The Balaban J connectivity index is 2.32. The number of fused-ring (bicyclic) bond motifs is 1. The van der Waals surface area contributed by atoms with Gasteiger partial charge in [0.2, 0.25) is 5.88 Å². The van der Waals surface area contributed by atoms with Crippen LogP contribution in [0, 0.1) is 18.3 Å². The van der Waals surface area contributed by atoms with E-state index in [0.29, 0.717) is 47.3 Å². The molecule has 0 saturated heterocycles. The van der Waals surface area contributed by atoms with Gasteiger partial charge in [0.1, 0.15) is 17.4 Å². The minimum absolute atomic E-state index is 0.0238. The summed E-state index contributed by atoms with van der Waals surface area (Å²) < 4.78 is 17.1. The summed E-state index contributed by atoms with van der Waals surface area (Å²) in [7, 11) is 0. The third kappa shape index (κ3) is 3.22. The molecule has 2 aromatic rings. The quantitative estimate of drug-likeness (QED) is 0.841. The molecule has 1 atom stereocenters. The number of allylic oxidation sites excluding steroid dienone is 1. The van der Waals surface area contributed by atoms with E-state index < -0.39 is 5.92 Å². The fourth-order valence-corrected chi connectivity index (χ4v) is 3.25. The van der Waals surface area contributed by atoms with Crippen molar-refractivity contribution < 1.29 is 14.2 Å². The predicted octanol–water partition coefficient (Wildman–Crippen LogP) is 2.70. The predicted molar refractivity (Wildman–Crippen MR) is 99.9 cm³/mol. The Labute approximate surface area is 157 Å². The Bertz CT molecular complexity index is 1000. The average molecular weight is 367 g/mol. The molecule has 0 spiro atoms. The van der Waals surface area contributed by atoms with Gasteiger partial charge >= 0.3 is 0 Å². The molecule has 0 fully saturated rings. The smallest absolute Gasteiger partial charge is 0.256 e. The highest BCUT2D eigenvalue weighted by molar-refractivity contribution is 5.60. The Morgan fingerprint density at radius 2 is 2.04 bits per heavy atom. The summed E-state index contributed by atoms with van der Waals surface area (Å²) in [6.45, 7) is 6.34. The number of H-pyrrole nitrogens is 1. The number of nitrogens with one attached hydrogen (secondary N) is 1. The number of aromatic amines is 1. The average Bonchev–Trinajstić information content (AvgIpc) is 2.62. The van der Waals surface area contributed by atoms with Crippen molar-refractivity contribution in [3.05, 3.63) is 62.9 Å². The molecule has 0 aliphatic carbocycles. The first-order valence-electron chi connectivity index (χ1n) is 8.71. The SMILES string of the molecule is CCOc1cccc([C@@H]2C(C#N)=C(N)Oc3cc(C)[nH]c(=O)c32)c1OCC. The molecule has 1 aliphatic rings. The molecule has 1 aromatic carbocycles. The van der Waals surface area contributed by atoms with E-state index in [1.807, 2.05) is 13.8 Å². The number of aromatic nitrogens is 1. The van der Waals surface area contributed by atoms with E-state index in [9.17, 15) is 10.1 Å². The maximum absolute atomic E-state index is 12.7. The third-order valence-corrected chi connectivity index (χ3v) is 4.26. The van der Waals surface area contributed by atoms with E-state index >= 15 is 0 Å². The van der Waals surface area contributed by atoms with Gasteiger partial charge in [-0.05, 0) is 26.8 Å². The summed E-state index contributed by atoms with van der Waals surface area (Å²) in [6, 6.07) is 9.17. The van der Waals surface area contributed by atoms with E-state index in [1.165, 1.54) is 0 Å². The summed E-state index contributed by atoms with van der Waals surface area (Å²) in [5.74, 6) is 0.626. The third-order valence-electron chi connectivity index (χ3n) is 4.26. The van der Waals surface area contributed by atoms with Crippen molar-refractivity contribution >= 4 is 0 Å². The minimum atomic E-state index is -0.718. The molecular weight excluding hydrogens is 346 g/mol. The monoisotopic (exact) mass is 367 g/mol. The van der Waals surface area contributed by atoms with Crippen molar-refractivity contribution in [2.45, 2.75) is 26.7 Å². The highest BCUT2D eigenvalue weighted by atomic mass is 16.5. The second-order valence-corrected chi connectivity index (χ2v) is 6.02. The van der Waals surface area contributed by atoms with Crippen LogP contribution in [0.1, 0.15) is 36.6 Å². The van der Waals surface area contributed by atoms with Gasteiger partial charge in [-0.3, -0.25) is 4.79 Å². The van der Waals surface area contributed by atoms with Gasteiger partial charge < -0.3 is 24.9 Å². The van der Waals surface area contributed by atoms with Gasteiger partial charge in [0, 0.05) is 17.3 Å². The van der Waals surface area contributed by atoms with E-state index in [0.717, 1.165) is 0 Å². The van der Waals surface area contributed by atoms with Gasteiger partial charge in [0.15, 0.2) is 11.5 Å². The van der Waals surface area contributed by atoms with Crippen LogP contribution in [0.25, 0.3) is 0 Å². The van der Waals surface area contributed by atoms with Crippen LogP contribution < -0.4 is 25.5 Å². The summed E-state index contributed by atoms with van der Waals surface area (Å²) in [6.07, 6.45) is 0. The molecule has 140 valence electrons. The molecular formula is C20H21N3O4. The van der Waals surface area contributed by atoms with Crippen molar-refractivity contribution in [2.24, 2.45) is 5.73 Å². The van der Waals surface area contributed by atoms with Crippen LogP contribution in [0.2, 0.25) is 0 Å². The van der Waals surface area contributed by atoms with Gasteiger partial charge in [0.05, 0.1) is 24.7 Å². The molecule has 0 amide bonds. The van der Waals surface area contributed by atoms with E-state index in [2.05, 4.69) is 11.1 Å². The number of benzene rings is 1. The standard InChI is InChI=1S/C20H21N3O4/c1-4-25-14-8-6-7-12(18(14)26-5-2)16-13(10-21)19(22)27-15-9-11(3)23-20(24)17(15)16/h6-9,16H,4-5,22H2,1-3H3,(H,23,24)/t16-/m1/s1. The van der Waals surface area contributed by atoms with Crippen LogP contribution in [0.15, 0.2) is 40.5 Å². The van der Waals surface area contributed by atoms with Crippen LogP contribution in [0.4, 0.5) is 0 Å². The number of nitrogens with two attached hydrogens (primary N) is 1. The van der Waals surface area contributed by atoms with E-state index in [4.69, 9.17) is 19.9 Å². The van der Waals surface area contributed by atoms with E-state index in [-0.39, 0.29) is 17.0 Å². The van der Waals surface area contributed by atoms with Crippen molar-refractivity contribution in [3.8, 4) is 23.3 Å². The van der Waals surface area contributed by atoms with Crippen LogP contribution in [-0.4, -0.2) is 18.2 Å². The van der Waals surface area contributed by atoms with Gasteiger partial charge in [-0.2, -0.15) is 5.26 Å². The lowest BCUT2D eigenvalue weighted by molar-refractivity contribution is 0.284. The Hall–Kier alpha value is -3.40. The van der Waals surface area contributed by atoms with Crippen molar-refractivity contribution in [3.63, 3.8) is 0 Å². The van der Waals surface area contributed by atoms with Crippen molar-refractivity contribution in [2.75, 3.05) is 13.2 Å². The number of pyridine rings is 1. The highest BCUT2D eigenvalue weighted by Gasteiger charge is 2.35. The van der Waals surface area contributed by atoms with Crippen LogP contribution in [0.3, 0.4) is 0 Å². The number of nitrogens with zero attached hydrogens (tertiary/aromatic N) is 1.